The molecule has 1 aliphatic carbocycles. The Morgan fingerprint density at radius 1 is 1.27 bits per heavy atom. The highest BCUT2D eigenvalue weighted by molar-refractivity contribution is 5.89. The van der Waals surface area contributed by atoms with Gasteiger partial charge in [0.2, 0.25) is 5.91 Å². The maximum Gasteiger partial charge on any atom is 0.334 e. The van der Waals surface area contributed by atoms with E-state index in [0.29, 0.717) is 6.42 Å². The zero-order valence-corrected chi connectivity index (χ0v) is 9.55. The molecule has 15 heavy (non-hydrogen) atoms. The van der Waals surface area contributed by atoms with Crippen LogP contribution in [0, 0.1) is 0 Å². The van der Waals surface area contributed by atoms with Crippen LogP contribution in [0.1, 0.15) is 26.7 Å². The van der Waals surface area contributed by atoms with Gasteiger partial charge in [-0.15, -0.1) is 0 Å². The molecule has 0 aromatic carbocycles. The molecule has 0 aromatic heterocycles. The highest BCUT2D eigenvalue weighted by Gasteiger charge is 2.63. The van der Waals surface area contributed by atoms with Gasteiger partial charge in [-0.3, -0.25) is 4.79 Å². The average Bonchev–Trinajstić information content (AvgIpc) is 2.21. The number of methoxy groups -OCH3 is 2. The van der Waals surface area contributed by atoms with E-state index in [9.17, 15) is 9.59 Å². The van der Waals surface area contributed by atoms with Crippen molar-refractivity contribution in [1.29, 1.82) is 0 Å². The standard InChI is InChI=1S/C10H17NO4/c1-7(12)11-10(8(13)14-3)6-5-9(10,2)15-4/h5-6H2,1-4H3,(H,11,12)/t9-,10-/m0/s1. The molecule has 1 rings (SSSR count). The normalized spacial score (nSPS) is 34.1. The minimum Gasteiger partial charge on any atom is -0.467 e. The molecule has 1 amide bonds. The van der Waals surface area contributed by atoms with Gasteiger partial charge in [-0.1, -0.05) is 0 Å². The van der Waals surface area contributed by atoms with E-state index < -0.39 is 17.1 Å². The predicted octanol–water partition coefficient (Wildman–Crippen LogP) is 0.233. The molecule has 0 heterocycles. The number of hydrogen-bond acceptors (Lipinski definition) is 4. The van der Waals surface area contributed by atoms with Crippen molar-refractivity contribution in [3.63, 3.8) is 0 Å². The molecule has 0 bridgehead atoms. The van der Waals surface area contributed by atoms with Crippen molar-refractivity contribution < 1.29 is 19.1 Å². The van der Waals surface area contributed by atoms with Crippen molar-refractivity contribution in [3.8, 4) is 0 Å². The van der Waals surface area contributed by atoms with Gasteiger partial charge in [0.15, 0.2) is 5.54 Å². The summed E-state index contributed by atoms with van der Waals surface area (Å²) in [5.41, 5.74) is -1.70. The largest absolute Gasteiger partial charge is 0.467 e. The molecule has 86 valence electrons. The molecular weight excluding hydrogens is 198 g/mol. The Morgan fingerprint density at radius 2 is 1.87 bits per heavy atom. The van der Waals surface area contributed by atoms with Crippen LogP contribution in [0.15, 0.2) is 0 Å². The summed E-state index contributed by atoms with van der Waals surface area (Å²) in [7, 11) is 2.83. The molecule has 5 heteroatoms. The summed E-state index contributed by atoms with van der Waals surface area (Å²) in [4.78, 5) is 22.8. The lowest BCUT2D eigenvalue weighted by Crippen LogP contribution is -2.74. The fourth-order valence-electron chi connectivity index (χ4n) is 2.04. The molecule has 1 N–H and O–H groups in total. The summed E-state index contributed by atoms with van der Waals surface area (Å²) in [5.74, 6) is -0.711. The summed E-state index contributed by atoms with van der Waals surface area (Å²) in [6.45, 7) is 3.17. The molecule has 0 unspecified atom stereocenters. The number of carbonyl (C=O) groups is 2. The number of rotatable bonds is 3. The molecule has 0 saturated heterocycles. The zero-order chi connectivity index (χ0) is 11.7. The van der Waals surface area contributed by atoms with E-state index in [1.165, 1.54) is 21.1 Å². The van der Waals surface area contributed by atoms with E-state index in [0.717, 1.165) is 6.42 Å². The smallest absolute Gasteiger partial charge is 0.334 e. The van der Waals surface area contributed by atoms with Gasteiger partial charge in [0.1, 0.15) is 0 Å². The minimum absolute atomic E-state index is 0.261. The third-order valence-electron chi connectivity index (χ3n) is 3.25. The maximum absolute atomic E-state index is 11.7. The van der Waals surface area contributed by atoms with Gasteiger partial charge in [0.25, 0.3) is 0 Å². The molecular formula is C10H17NO4. The van der Waals surface area contributed by atoms with Crippen molar-refractivity contribution >= 4 is 11.9 Å². The van der Waals surface area contributed by atoms with Crippen LogP contribution in [-0.4, -0.2) is 37.2 Å². The minimum atomic E-state index is -1.03. The summed E-state index contributed by atoms with van der Waals surface area (Å²) in [5, 5.41) is 2.65. The third-order valence-corrected chi connectivity index (χ3v) is 3.25. The third kappa shape index (κ3) is 1.61. The topological polar surface area (TPSA) is 64.6 Å². The van der Waals surface area contributed by atoms with Crippen LogP contribution in [0.3, 0.4) is 0 Å². The van der Waals surface area contributed by atoms with Crippen LogP contribution in [0.2, 0.25) is 0 Å². The second kappa shape index (κ2) is 3.81. The van der Waals surface area contributed by atoms with Crippen LogP contribution in [0.5, 0.6) is 0 Å². The fraction of sp³-hybridized carbons (Fsp3) is 0.800. The van der Waals surface area contributed by atoms with Crippen molar-refractivity contribution in [2.45, 2.75) is 37.8 Å². The van der Waals surface area contributed by atoms with E-state index in [1.807, 2.05) is 0 Å². The Morgan fingerprint density at radius 3 is 2.13 bits per heavy atom. The van der Waals surface area contributed by atoms with Crippen LogP contribution in [-0.2, 0) is 19.1 Å². The Balaban J connectivity index is 2.98. The number of amides is 1. The first-order chi connectivity index (χ1) is 6.92. The first kappa shape index (κ1) is 12.0. The van der Waals surface area contributed by atoms with Gasteiger partial charge in [-0.05, 0) is 19.8 Å². The first-order valence-electron chi connectivity index (χ1n) is 4.84. The number of nitrogens with one attached hydrogen (secondary N) is 1. The number of carbonyl (C=O) groups excluding carboxylic acids is 2. The fourth-order valence-corrected chi connectivity index (χ4v) is 2.04. The molecule has 0 aromatic rings. The average molecular weight is 215 g/mol. The Bertz CT molecular complexity index is 287. The van der Waals surface area contributed by atoms with E-state index in [1.54, 1.807) is 6.92 Å². The molecule has 2 atom stereocenters. The van der Waals surface area contributed by atoms with E-state index >= 15 is 0 Å². The second-order valence-electron chi connectivity index (χ2n) is 4.01. The molecule has 5 nitrogen and oxygen atoms in total. The van der Waals surface area contributed by atoms with Crippen LogP contribution in [0.4, 0.5) is 0 Å². The second-order valence-corrected chi connectivity index (χ2v) is 4.01. The van der Waals surface area contributed by atoms with E-state index in [4.69, 9.17) is 9.47 Å². The van der Waals surface area contributed by atoms with Gasteiger partial charge in [0, 0.05) is 14.0 Å². The van der Waals surface area contributed by atoms with Crippen molar-refractivity contribution in [2.24, 2.45) is 0 Å². The van der Waals surface area contributed by atoms with E-state index in [2.05, 4.69) is 5.32 Å². The van der Waals surface area contributed by atoms with Gasteiger partial charge in [0.05, 0.1) is 12.7 Å². The maximum atomic E-state index is 11.7. The predicted molar refractivity (Wildman–Crippen MR) is 53.2 cm³/mol. The van der Waals surface area contributed by atoms with E-state index in [-0.39, 0.29) is 5.91 Å². The van der Waals surface area contributed by atoms with Crippen LogP contribution >= 0.6 is 0 Å². The summed E-state index contributed by atoms with van der Waals surface area (Å²) in [6, 6.07) is 0. The molecule has 0 spiro atoms. The first-order valence-corrected chi connectivity index (χ1v) is 4.84. The Kier molecular flexibility index (Phi) is 3.04. The lowest BCUT2D eigenvalue weighted by Gasteiger charge is -2.54. The van der Waals surface area contributed by atoms with Crippen LogP contribution < -0.4 is 5.32 Å². The summed E-state index contributed by atoms with van der Waals surface area (Å²) < 4.78 is 10.0. The van der Waals surface area contributed by atoms with Crippen LogP contribution in [0.25, 0.3) is 0 Å². The van der Waals surface area contributed by atoms with Gasteiger partial charge in [-0.25, -0.2) is 4.79 Å². The highest BCUT2D eigenvalue weighted by atomic mass is 16.5. The van der Waals surface area contributed by atoms with Gasteiger partial charge >= 0.3 is 5.97 Å². The molecule has 0 aliphatic heterocycles. The van der Waals surface area contributed by atoms with Crippen molar-refractivity contribution in [1.82, 2.24) is 5.32 Å². The molecule has 1 saturated carbocycles. The van der Waals surface area contributed by atoms with Crippen molar-refractivity contribution in [2.75, 3.05) is 14.2 Å². The Labute approximate surface area is 89.1 Å². The molecule has 1 fully saturated rings. The highest BCUT2D eigenvalue weighted by Crippen LogP contribution is 2.45. The molecule has 1 aliphatic rings. The SMILES string of the molecule is COC(=O)[C@@]1(NC(C)=O)CC[C@]1(C)OC. The Hall–Kier alpha value is -1.10. The summed E-state index contributed by atoms with van der Waals surface area (Å²) in [6.07, 6.45) is 1.27. The summed E-state index contributed by atoms with van der Waals surface area (Å²) >= 11 is 0. The quantitative estimate of drug-likeness (QED) is 0.685. The van der Waals surface area contributed by atoms with Gasteiger partial charge in [-0.2, -0.15) is 0 Å². The monoisotopic (exact) mass is 215 g/mol. The molecule has 0 radical (unpaired) electrons. The number of ether oxygens (including phenoxy) is 2. The lowest BCUT2D eigenvalue weighted by atomic mass is 9.63. The number of hydrogen-bond donors (Lipinski definition) is 1. The lowest BCUT2D eigenvalue weighted by molar-refractivity contribution is -0.188. The van der Waals surface area contributed by atoms with Gasteiger partial charge < -0.3 is 14.8 Å². The van der Waals surface area contributed by atoms with Crippen molar-refractivity contribution in [3.05, 3.63) is 0 Å². The number of esters is 1. The zero-order valence-electron chi connectivity index (χ0n) is 9.55.